The maximum Gasteiger partial charge on any atom is 0.107 e. The van der Waals surface area contributed by atoms with E-state index in [1.54, 1.807) is 11.8 Å². The smallest absolute Gasteiger partial charge is 0.107 e. The molecule has 3 N–H and O–H groups in total. The highest BCUT2D eigenvalue weighted by Gasteiger charge is 2.40. The van der Waals surface area contributed by atoms with Gasteiger partial charge in [-0.2, -0.15) is 0 Å². The van der Waals surface area contributed by atoms with Crippen molar-refractivity contribution in [1.82, 2.24) is 0 Å². The molecule has 2 aliphatic heterocycles. The molecular formula is C14H18N2OS2. The van der Waals surface area contributed by atoms with Crippen LogP contribution in [0.15, 0.2) is 23.1 Å². The van der Waals surface area contributed by atoms with Gasteiger partial charge in [0.25, 0.3) is 0 Å². The Balaban J connectivity index is 1.86. The number of benzene rings is 1. The van der Waals surface area contributed by atoms with Gasteiger partial charge >= 0.3 is 0 Å². The second-order valence-corrected chi connectivity index (χ2v) is 6.40. The maximum absolute atomic E-state index is 5.89. The molecule has 1 aromatic carbocycles. The third-order valence-corrected chi connectivity index (χ3v) is 4.92. The van der Waals surface area contributed by atoms with Gasteiger partial charge in [-0.05, 0) is 37.7 Å². The summed E-state index contributed by atoms with van der Waals surface area (Å²) in [5.74, 6) is 0. The first kappa shape index (κ1) is 13.2. The number of nitrogens with one attached hydrogen (secondary N) is 1. The summed E-state index contributed by atoms with van der Waals surface area (Å²) in [5.41, 5.74) is 7.90. The lowest BCUT2D eigenvalue weighted by Crippen LogP contribution is -2.31. The largest absolute Gasteiger partial charge is 0.389 e. The topological polar surface area (TPSA) is 47.3 Å². The van der Waals surface area contributed by atoms with Gasteiger partial charge in [-0.25, -0.2) is 0 Å². The van der Waals surface area contributed by atoms with Crippen molar-refractivity contribution in [2.45, 2.75) is 42.4 Å². The van der Waals surface area contributed by atoms with Gasteiger partial charge in [0, 0.05) is 16.1 Å². The Morgan fingerprint density at radius 3 is 2.89 bits per heavy atom. The number of ether oxygens (including phenoxy) is 1. The predicted octanol–water partition coefficient (Wildman–Crippen LogP) is 2.77. The van der Waals surface area contributed by atoms with E-state index in [0.717, 1.165) is 29.0 Å². The number of hydrogen-bond acceptors (Lipinski definition) is 4. The van der Waals surface area contributed by atoms with Gasteiger partial charge in [-0.3, -0.25) is 0 Å². The number of thiocarbonyl (C=S) groups is 1. The number of anilines is 1. The first-order valence-electron chi connectivity index (χ1n) is 6.58. The van der Waals surface area contributed by atoms with Crippen LogP contribution in [0.5, 0.6) is 0 Å². The summed E-state index contributed by atoms with van der Waals surface area (Å²) in [6.45, 7) is 0. The molecular weight excluding hydrogens is 276 g/mol. The van der Waals surface area contributed by atoms with Gasteiger partial charge in [0.1, 0.15) is 4.99 Å². The van der Waals surface area contributed by atoms with Crippen LogP contribution < -0.4 is 11.1 Å². The summed E-state index contributed by atoms with van der Waals surface area (Å²) >= 11 is 6.88. The third-order valence-electron chi connectivity index (χ3n) is 3.94. The normalized spacial score (nSPS) is 28.6. The van der Waals surface area contributed by atoms with Crippen molar-refractivity contribution < 1.29 is 4.74 Å². The highest BCUT2D eigenvalue weighted by Crippen LogP contribution is 2.37. The van der Waals surface area contributed by atoms with E-state index in [0.29, 0.717) is 23.2 Å². The van der Waals surface area contributed by atoms with Crippen LogP contribution in [0.2, 0.25) is 0 Å². The Bertz CT molecular complexity index is 506. The lowest BCUT2D eigenvalue weighted by atomic mass is 9.95. The van der Waals surface area contributed by atoms with E-state index in [1.165, 1.54) is 6.42 Å². The molecule has 3 unspecified atom stereocenters. The van der Waals surface area contributed by atoms with Crippen LogP contribution in [-0.2, 0) is 4.74 Å². The molecule has 0 amide bonds. The second kappa shape index (κ2) is 5.31. The van der Waals surface area contributed by atoms with Gasteiger partial charge in [-0.1, -0.05) is 18.3 Å². The lowest BCUT2D eigenvalue weighted by Gasteiger charge is -2.23. The predicted molar refractivity (Wildman–Crippen MR) is 84.0 cm³/mol. The third kappa shape index (κ3) is 2.47. The fourth-order valence-corrected chi connectivity index (χ4v) is 3.99. The summed E-state index contributed by atoms with van der Waals surface area (Å²) < 4.78 is 5.88. The maximum atomic E-state index is 5.89. The fourth-order valence-electron chi connectivity index (χ4n) is 3.07. The Morgan fingerprint density at radius 2 is 2.32 bits per heavy atom. The number of fused-ring (bicyclic) bond motifs is 2. The zero-order chi connectivity index (χ0) is 13.4. The van der Waals surface area contributed by atoms with Gasteiger partial charge in [0.05, 0.1) is 18.2 Å². The highest BCUT2D eigenvalue weighted by molar-refractivity contribution is 7.98. The van der Waals surface area contributed by atoms with Crippen LogP contribution >= 0.6 is 24.0 Å². The molecule has 3 atom stereocenters. The van der Waals surface area contributed by atoms with E-state index in [4.69, 9.17) is 22.7 Å². The SMILES string of the molecule is CSc1cccc(NC2CC3CCC2O3)c1C(N)=S. The summed E-state index contributed by atoms with van der Waals surface area (Å²) in [7, 11) is 0. The molecule has 0 saturated carbocycles. The minimum Gasteiger partial charge on any atom is -0.389 e. The van der Waals surface area contributed by atoms with E-state index in [9.17, 15) is 0 Å². The fraction of sp³-hybridized carbons (Fsp3) is 0.500. The summed E-state index contributed by atoms with van der Waals surface area (Å²) in [6, 6.07) is 6.55. The number of rotatable bonds is 4. The number of thioether (sulfide) groups is 1. The van der Waals surface area contributed by atoms with Crippen molar-refractivity contribution in [3.05, 3.63) is 23.8 Å². The average molecular weight is 294 g/mol. The van der Waals surface area contributed by atoms with Gasteiger partial charge in [0.15, 0.2) is 0 Å². The van der Waals surface area contributed by atoms with Crippen LogP contribution in [0.3, 0.4) is 0 Å². The molecule has 19 heavy (non-hydrogen) atoms. The van der Waals surface area contributed by atoms with Crippen molar-refractivity contribution in [2.24, 2.45) is 5.73 Å². The van der Waals surface area contributed by atoms with Crippen LogP contribution in [0.25, 0.3) is 0 Å². The molecule has 2 bridgehead atoms. The van der Waals surface area contributed by atoms with Crippen LogP contribution in [-0.4, -0.2) is 29.5 Å². The summed E-state index contributed by atoms with van der Waals surface area (Å²) in [5, 5.41) is 3.59. The number of hydrogen-bond donors (Lipinski definition) is 2. The molecule has 3 nitrogen and oxygen atoms in total. The summed E-state index contributed by atoms with van der Waals surface area (Å²) in [6.07, 6.45) is 6.29. The molecule has 2 fully saturated rings. The van der Waals surface area contributed by atoms with Gasteiger partial charge < -0.3 is 15.8 Å². The Kier molecular flexibility index (Phi) is 3.69. The molecule has 0 aliphatic carbocycles. The molecule has 1 aromatic rings. The Labute approximate surface area is 123 Å². The quantitative estimate of drug-likeness (QED) is 0.660. The van der Waals surface area contributed by atoms with Crippen molar-refractivity contribution in [3.63, 3.8) is 0 Å². The molecule has 2 saturated heterocycles. The average Bonchev–Trinajstić information content (AvgIpc) is 3.00. The molecule has 2 aliphatic rings. The van der Waals surface area contributed by atoms with Crippen molar-refractivity contribution >= 4 is 34.7 Å². The van der Waals surface area contributed by atoms with Crippen molar-refractivity contribution in [2.75, 3.05) is 11.6 Å². The summed E-state index contributed by atoms with van der Waals surface area (Å²) in [4.78, 5) is 1.58. The van der Waals surface area contributed by atoms with Crippen LogP contribution in [0.4, 0.5) is 5.69 Å². The first-order chi connectivity index (χ1) is 9.19. The molecule has 2 heterocycles. The lowest BCUT2D eigenvalue weighted by molar-refractivity contribution is 0.102. The van der Waals surface area contributed by atoms with E-state index in [1.807, 2.05) is 12.3 Å². The van der Waals surface area contributed by atoms with E-state index in [-0.39, 0.29) is 0 Å². The molecule has 5 heteroatoms. The molecule has 0 aromatic heterocycles. The molecule has 102 valence electrons. The minimum absolute atomic E-state index is 0.349. The van der Waals surface area contributed by atoms with Crippen molar-refractivity contribution in [1.29, 1.82) is 0 Å². The Morgan fingerprint density at radius 1 is 1.47 bits per heavy atom. The van der Waals surface area contributed by atoms with Gasteiger partial charge in [0.2, 0.25) is 0 Å². The monoisotopic (exact) mass is 294 g/mol. The Hall–Kier alpha value is -0.780. The molecule has 0 spiro atoms. The standard InChI is InChI=1S/C14H18N2OS2/c1-19-12-4-2-3-9(13(12)14(15)18)16-10-7-8-5-6-11(10)17-8/h2-4,8,10-11,16H,5-7H2,1H3,(H2,15,18). The first-order valence-corrected chi connectivity index (χ1v) is 8.21. The van der Waals surface area contributed by atoms with E-state index < -0.39 is 0 Å². The highest BCUT2D eigenvalue weighted by atomic mass is 32.2. The molecule has 3 rings (SSSR count). The van der Waals surface area contributed by atoms with Crippen LogP contribution in [0, 0.1) is 0 Å². The zero-order valence-corrected chi connectivity index (χ0v) is 12.5. The van der Waals surface area contributed by atoms with E-state index in [2.05, 4.69) is 17.4 Å². The van der Waals surface area contributed by atoms with E-state index >= 15 is 0 Å². The minimum atomic E-state index is 0.349. The number of nitrogens with two attached hydrogens (primary N) is 1. The van der Waals surface area contributed by atoms with Crippen molar-refractivity contribution in [3.8, 4) is 0 Å². The van der Waals surface area contributed by atoms with Gasteiger partial charge in [-0.15, -0.1) is 11.8 Å². The molecule has 0 radical (unpaired) electrons. The zero-order valence-electron chi connectivity index (χ0n) is 10.9. The second-order valence-electron chi connectivity index (χ2n) is 5.11. The van der Waals surface area contributed by atoms with Crippen LogP contribution in [0.1, 0.15) is 24.8 Å².